The highest BCUT2D eigenvalue weighted by atomic mass is 32.7. The fraction of sp³-hybridized carbons (Fsp3) is 0.500. The van der Waals surface area contributed by atoms with Crippen molar-refractivity contribution in [1.82, 2.24) is 39.0 Å². The number of aromatic nitrogens is 8. The quantitative estimate of drug-likeness (QED) is 0.110. The van der Waals surface area contributed by atoms with E-state index < -0.39 is 73.1 Å². The summed E-state index contributed by atoms with van der Waals surface area (Å²) in [6.45, 7) is -5.67. The van der Waals surface area contributed by atoms with Gasteiger partial charge in [-0.05, 0) is 0 Å². The molecule has 4 aromatic rings. The summed E-state index contributed by atoms with van der Waals surface area (Å²) in [5, 5.41) is 18.1. The SMILES string of the molecule is Nc1nc2c(ncn2[C@@H]2S[C@H](CO)[C@@H](F)[C@H]2OP(=O)(S)OC[C@H]2OC(n3cnc4c(N)ncnc43)[C@@H](F)[C@@H]2O)c(=O)[nH]1. The molecule has 2 unspecified atom stereocenters. The lowest BCUT2D eigenvalue weighted by Gasteiger charge is -2.25. The van der Waals surface area contributed by atoms with Gasteiger partial charge in [-0.25, -0.2) is 33.3 Å². The molecule has 4 aromatic heterocycles. The Kier molecular flexibility index (Phi) is 7.63. The van der Waals surface area contributed by atoms with Gasteiger partial charge in [-0.3, -0.25) is 28.0 Å². The normalized spacial score (nSPS) is 31.3. The van der Waals surface area contributed by atoms with Crippen LogP contribution in [0, 0.1) is 0 Å². The number of H-pyrrole nitrogens is 1. The molecule has 0 aromatic carbocycles. The molecule has 226 valence electrons. The highest BCUT2D eigenvalue weighted by Crippen LogP contribution is 2.59. The maximum Gasteiger partial charge on any atom is 0.386 e. The number of hydrogen-bond acceptors (Lipinski definition) is 15. The highest BCUT2D eigenvalue weighted by Gasteiger charge is 2.51. The van der Waals surface area contributed by atoms with Crippen molar-refractivity contribution in [2.45, 2.75) is 47.5 Å². The molecule has 22 heteroatoms. The third-order valence-corrected chi connectivity index (χ3v) is 9.93. The number of alkyl halides is 2. The van der Waals surface area contributed by atoms with Gasteiger partial charge in [0.1, 0.15) is 41.7 Å². The fourth-order valence-corrected chi connectivity index (χ4v) is 7.72. The first-order valence-electron chi connectivity index (χ1n) is 12.2. The zero-order valence-corrected chi connectivity index (χ0v) is 23.6. The van der Waals surface area contributed by atoms with Crippen LogP contribution in [-0.2, 0) is 18.3 Å². The van der Waals surface area contributed by atoms with E-state index >= 15 is 8.78 Å². The number of thioether (sulfide) groups is 1. The summed E-state index contributed by atoms with van der Waals surface area (Å²) in [6, 6.07) is 0. The monoisotopic (exact) mass is 648 g/mol. The van der Waals surface area contributed by atoms with E-state index in [-0.39, 0.29) is 34.1 Å². The van der Waals surface area contributed by atoms with E-state index in [0.29, 0.717) is 0 Å². The number of rotatable bonds is 8. The maximum absolute atomic E-state index is 15.4. The van der Waals surface area contributed by atoms with E-state index in [1.165, 1.54) is 21.8 Å². The van der Waals surface area contributed by atoms with Gasteiger partial charge in [0.15, 0.2) is 35.0 Å². The lowest BCUT2D eigenvalue weighted by Crippen LogP contribution is -2.33. The predicted molar refractivity (Wildman–Crippen MR) is 147 cm³/mol. The number of thiol groups is 1. The molecule has 7 N–H and O–H groups in total. The predicted octanol–water partition coefficient (Wildman–Crippen LogP) is 0.104. The second-order valence-corrected chi connectivity index (χ2v) is 13.6. The van der Waals surface area contributed by atoms with Crippen LogP contribution < -0.4 is 17.0 Å². The number of aromatic amines is 1. The van der Waals surface area contributed by atoms with Crippen molar-refractivity contribution in [3.8, 4) is 0 Å². The van der Waals surface area contributed by atoms with E-state index in [1.54, 1.807) is 0 Å². The Labute approximate surface area is 242 Å². The van der Waals surface area contributed by atoms with Gasteiger partial charge in [-0.1, -0.05) is 12.2 Å². The van der Waals surface area contributed by atoms with Gasteiger partial charge in [0.05, 0.1) is 31.1 Å². The second kappa shape index (κ2) is 11.0. The summed E-state index contributed by atoms with van der Waals surface area (Å²) in [7, 11) is 0. The number of nitrogens with one attached hydrogen (secondary N) is 1. The number of nitrogen functional groups attached to an aromatic ring is 2. The third-order valence-electron chi connectivity index (χ3n) is 6.78. The average Bonchev–Trinajstić information content (AvgIpc) is 3.69. The van der Waals surface area contributed by atoms with Gasteiger partial charge < -0.3 is 26.4 Å². The Morgan fingerprint density at radius 2 is 1.88 bits per heavy atom. The second-order valence-electron chi connectivity index (χ2n) is 9.38. The average molecular weight is 649 g/mol. The summed E-state index contributed by atoms with van der Waals surface area (Å²) in [5.74, 6) is -0.152. The summed E-state index contributed by atoms with van der Waals surface area (Å²) in [6.07, 6.45) is -6.24. The molecule has 0 spiro atoms. The van der Waals surface area contributed by atoms with Crippen LogP contribution in [0.15, 0.2) is 23.8 Å². The number of imidazole rings is 2. The van der Waals surface area contributed by atoms with E-state index in [1.807, 2.05) is 0 Å². The van der Waals surface area contributed by atoms with Gasteiger partial charge in [0.2, 0.25) is 5.95 Å². The molecule has 0 amide bonds. The van der Waals surface area contributed by atoms with Crippen LogP contribution in [0.3, 0.4) is 0 Å². The molecule has 9 atom stereocenters. The molecule has 0 bridgehead atoms. The number of aliphatic hydroxyl groups excluding tert-OH is 2. The van der Waals surface area contributed by atoms with Gasteiger partial charge in [0, 0.05) is 0 Å². The summed E-state index contributed by atoms with van der Waals surface area (Å²) in [4.78, 5) is 34.4. The van der Waals surface area contributed by atoms with E-state index in [9.17, 15) is 19.6 Å². The van der Waals surface area contributed by atoms with E-state index in [2.05, 4.69) is 42.2 Å². The molecule has 2 aliphatic heterocycles. The molecule has 2 fully saturated rings. The Morgan fingerprint density at radius 3 is 2.64 bits per heavy atom. The van der Waals surface area contributed by atoms with Crippen molar-refractivity contribution in [2.75, 3.05) is 24.7 Å². The first-order valence-corrected chi connectivity index (χ1v) is 15.8. The fourth-order valence-electron chi connectivity index (χ4n) is 4.78. The van der Waals surface area contributed by atoms with Crippen LogP contribution >= 0.6 is 30.8 Å². The molecule has 0 saturated carbocycles. The van der Waals surface area contributed by atoms with Crippen molar-refractivity contribution in [3.63, 3.8) is 0 Å². The van der Waals surface area contributed by atoms with Crippen LogP contribution in [0.5, 0.6) is 0 Å². The number of fused-ring (bicyclic) bond motifs is 2. The summed E-state index contributed by atoms with van der Waals surface area (Å²) in [5.41, 5.74) is 11.1. The molecule has 2 saturated heterocycles. The number of nitrogens with zero attached hydrogens (tertiary/aromatic N) is 7. The lowest BCUT2D eigenvalue weighted by atomic mass is 10.1. The zero-order chi connectivity index (χ0) is 29.9. The van der Waals surface area contributed by atoms with Gasteiger partial charge >= 0.3 is 6.80 Å². The van der Waals surface area contributed by atoms with Crippen LogP contribution in [0.25, 0.3) is 22.3 Å². The Hall–Kier alpha value is -2.91. The van der Waals surface area contributed by atoms with Crippen LogP contribution in [0.1, 0.15) is 11.6 Å². The number of ether oxygens (including phenoxy) is 1. The van der Waals surface area contributed by atoms with Crippen molar-refractivity contribution in [3.05, 3.63) is 29.3 Å². The van der Waals surface area contributed by atoms with Gasteiger partial charge in [-0.15, -0.1) is 11.8 Å². The van der Waals surface area contributed by atoms with Crippen LogP contribution in [0.2, 0.25) is 0 Å². The van der Waals surface area contributed by atoms with Crippen LogP contribution in [0.4, 0.5) is 20.5 Å². The molecule has 6 rings (SSSR count). The molecule has 0 radical (unpaired) electrons. The third kappa shape index (κ3) is 5.02. The Bertz CT molecular complexity index is 1740. The highest BCUT2D eigenvalue weighted by molar-refractivity contribution is 8.44. The lowest BCUT2D eigenvalue weighted by molar-refractivity contribution is -0.0443. The number of nitrogens with two attached hydrogens (primary N) is 2. The molecule has 42 heavy (non-hydrogen) atoms. The standard InChI is InChI=1S/C20H23F2N10O7PS2/c21-8-7(1-33)42-19(32-5-28-11-16(32)29-20(24)30-17(11)35)13(8)39-40(36,41)37-2-6-12(34)9(22)18(38-6)31-4-27-10-14(23)25-3-26-15(10)31/h3-9,12-13,18-19,33-34H,1-2H2,(H,36,41)(H2,23,25,26)(H3,24,29,30,35)/t6-,7-,8-,9+,12-,13-,18?,19-,40?/m1/s1. The van der Waals surface area contributed by atoms with Crippen molar-refractivity contribution < 1.29 is 37.3 Å². The smallest absolute Gasteiger partial charge is 0.386 e. The first kappa shape index (κ1) is 29.2. The number of anilines is 2. The minimum absolute atomic E-state index is 0.00427. The molecule has 2 aliphatic rings. The van der Waals surface area contributed by atoms with Crippen molar-refractivity contribution >= 4 is 64.9 Å². The Balaban J connectivity index is 1.19. The van der Waals surface area contributed by atoms with Crippen molar-refractivity contribution in [2.24, 2.45) is 0 Å². The topological polar surface area (TPSA) is 244 Å². The zero-order valence-electron chi connectivity index (χ0n) is 21.0. The maximum atomic E-state index is 15.4. The van der Waals surface area contributed by atoms with Gasteiger partial charge in [0.25, 0.3) is 5.56 Å². The Morgan fingerprint density at radius 1 is 1.14 bits per heavy atom. The molecular formula is C20H23F2N10O7PS2. The minimum Gasteiger partial charge on any atom is -0.395 e. The van der Waals surface area contributed by atoms with Crippen molar-refractivity contribution in [1.29, 1.82) is 0 Å². The number of hydrogen-bond donors (Lipinski definition) is 6. The summed E-state index contributed by atoms with van der Waals surface area (Å²) >= 11 is 4.88. The largest absolute Gasteiger partial charge is 0.395 e. The molecule has 0 aliphatic carbocycles. The number of halogens is 2. The van der Waals surface area contributed by atoms with E-state index in [0.717, 1.165) is 18.1 Å². The first-order chi connectivity index (χ1) is 20.0. The minimum atomic E-state index is -4.42. The molecule has 6 heterocycles. The number of aliphatic hydroxyl groups is 2. The molecule has 17 nitrogen and oxygen atoms in total. The van der Waals surface area contributed by atoms with Crippen LogP contribution in [-0.4, -0.2) is 98.4 Å². The summed E-state index contributed by atoms with van der Waals surface area (Å²) < 4.78 is 62.7. The van der Waals surface area contributed by atoms with E-state index in [4.69, 9.17) is 25.3 Å². The molecular weight excluding hydrogens is 625 g/mol. The van der Waals surface area contributed by atoms with Gasteiger partial charge in [-0.2, -0.15) is 4.98 Å².